The molecular weight excluding hydrogens is 507 g/mol. The Labute approximate surface area is 180 Å². The van der Waals surface area contributed by atoms with Crippen molar-refractivity contribution >= 4 is 27.8 Å². The Morgan fingerprint density at radius 3 is 1.52 bits per heavy atom. The van der Waals surface area contributed by atoms with Crippen LogP contribution in [-0.4, -0.2) is 6.22 Å². The van der Waals surface area contributed by atoms with Crippen molar-refractivity contribution in [2.45, 2.75) is 47.1 Å². The normalized spacial score (nSPS) is 10.2. The fraction of sp³-hybridized carbons (Fsp3) is 0.280. The summed E-state index contributed by atoms with van der Waals surface area (Å²) in [4.78, 5) is 0. The first-order valence-electron chi connectivity index (χ1n) is 9.61. The van der Waals surface area contributed by atoms with Gasteiger partial charge in [0.05, 0.1) is 0 Å². The van der Waals surface area contributed by atoms with Crippen molar-refractivity contribution < 1.29 is 23.0 Å². The van der Waals surface area contributed by atoms with Gasteiger partial charge in [0.25, 0.3) is 0 Å². The third-order valence-corrected chi connectivity index (χ3v) is 8.05. The van der Waals surface area contributed by atoms with Crippen LogP contribution in [-0.2, 0) is 23.0 Å². The quantitative estimate of drug-likeness (QED) is 0.186. The second-order valence-electron chi connectivity index (χ2n) is 7.15. The Hall–Kier alpha value is -1.25. The smallest absolute Gasteiger partial charge is 0.0488 e. The van der Waals surface area contributed by atoms with Crippen LogP contribution in [0.3, 0.4) is 0 Å². The zero-order valence-corrected chi connectivity index (χ0v) is 21.8. The van der Waals surface area contributed by atoms with E-state index in [2.05, 4.69) is 95.3 Å². The van der Waals surface area contributed by atoms with Gasteiger partial charge in [0, 0.05) is 0 Å². The third-order valence-electron chi connectivity index (χ3n) is 4.60. The second kappa shape index (κ2) is 10.9. The van der Waals surface area contributed by atoms with Gasteiger partial charge in [0.15, 0.2) is 0 Å². The van der Waals surface area contributed by atoms with Crippen molar-refractivity contribution in [2.24, 2.45) is 0 Å². The maximum Gasteiger partial charge on any atom is -0.0488 e. The first kappa shape index (κ1) is 22.0. The molecule has 0 saturated carbocycles. The minimum Gasteiger partial charge on any atom is -0.165 e. The molecule has 0 nitrogen and oxygen atoms in total. The number of fused-ring (bicyclic) bond motifs is 2. The van der Waals surface area contributed by atoms with Crippen LogP contribution in [0.2, 0.25) is 6.04 Å². The van der Waals surface area contributed by atoms with Crippen molar-refractivity contribution in [3.8, 4) is 0 Å². The molecule has 0 aliphatic rings. The molecule has 0 N–H and O–H groups in total. The summed E-state index contributed by atoms with van der Waals surface area (Å²) in [6.07, 6.45) is 2.69. The molecule has 0 heterocycles. The number of hydrogen-bond donors (Lipinski definition) is 0. The molecule has 0 amide bonds. The van der Waals surface area contributed by atoms with Crippen LogP contribution in [0.4, 0.5) is 0 Å². The molecule has 137 valence electrons. The Morgan fingerprint density at radius 1 is 0.778 bits per heavy atom. The van der Waals surface area contributed by atoms with E-state index in [1.165, 1.54) is 85.5 Å². The van der Waals surface area contributed by atoms with Gasteiger partial charge < -0.3 is 0 Å². The van der Waals surface area contributed by atoms with Gasteiger partial charge in [-0.3, -0.25) is 0 Å². The topological polar surface area (TPSA) is 0 Å². The SMILES string of the molecule is CCC[Si]=[Hf+2].Cc1cc2c(C)cccc2[cH-]1.Cc1cc2c(C)cccc2[cH-]1. The molecule has 0 aliphatic carbocycles. The van der Waals surface area contributed by atoms with Crippen molar-refractivity contribution in [1.82, 2.24) is 0 Å². The summed E-state index contributed by atoms with van der Waals surface area (Å²) in [5, 5.41) is 5.51. The molecule has 0 bridgehead atoms. The molecule has 0 fully saturated rings. The number of benzene rings is 2. The van der Waals surface area contributed by atoms with Crippen LogP contribution >= 0.6 is 0 Å². The van der Waals surface area contributed by atoms with E-state index in [-0.39, 0.29) is 0 Å². The average molecular weight is 536 g/mol. The third kappa shape index (κ3) is 6.40. The molecule has 2 heteroatoms. The van der Waals surface area contributed by atoms with Crippen LogP contribution in [0, 0.1) is 27.7 Å². The van der Waals surface area contributed by atoms with Crippen LogP contribution in [0.5, 0.6) is 0 Å². The number of rotatable bonds is 2. The first-order chi connectivity index (χ1) is 13.0. The minimum absolute atomic E-state index is 1.30. The maximum absolute atomic E-state index is 2.24. The fourth-order valence-corrected chi connectivity index (χ4v) is 6.15. The largest absolute Gasteiger partial charge is 0.165 e. The molecular formula is C25H29HfSi. The molecule has 4 aromatic rings. The summed E-state index contributed by atoms with van der Waals surface area (Å²) in [5.74, 6) is 0. The summed E-state index contributed by atoms with van der Waals surface area (Å²) in [6, 6.07) is 23.3. The van der Waals surface area contributed by atoms with Crippen molar-refractivity contribution in [3.63, 3.8) is 0 Å². The summed E-state index contributed by atoms with van der Waals surface area (Å²) in [7, 11) is 0. The summed E-state index contributed by atoms with van der Waals surface area (Å²) in [5.41, 5.74) is 5.45. The first-order valence-corrected chi connectivity index (χ1v) is 16.2. The van der Waals surface area contributed by atoms with Crippen LogP contribution in [0.25, 0.3) is 21.5 Å². The number of aryl methyl sites for hydroxylation is 4. The predicted molar refractivity (Wildman–Crippen MR) is 119 cm³/mol. The maximum atomic E-state index is 2.24. The van der Waals surface area contributed by atoms with E-state index in [4.69, 9.17) is 0 Å². The van der Waals surface area contributed by atoms with Gasteiger partial charge in [-0.15, -0.1) is 69.1 Å². The summed E-state index contributed by atoms with van der Waals surface area (Å²) >= 11 is 1.43. The molecule has 1 radical (unpaired) electrons. The van der Waals surface area contributed by atoms with Gasteiger partial charge in [-0.2, -0.15) is 12.1 Å². The van der Waals surface area contributed by atoms with Crippen molar-refractivity contribution in [1.29, 1.82) is 0 Å². The Bertz CT molecular complexity index is 926. The van der Waals surface area contributed by atoms with Crippen LogP contribution in [0.15, 0.2) is 60.7 Å². The second-order valence-corrected chi connectivity index (χ2v) is 11.8. The molecule has 4 aromatic carbocycles. The van der Waals surface area contributed by atoms with Crippen molar-refractivity contribution in [3.05, 3.63) is 82.9 Å². The van der Waals surface area contributed by atoms with Gasteiger partial charge in [-0.1, -0.05) is 37.1 Å². The summed E-state index contributed by atoms with van der Waals surface area (Å²) < 4.78 is 0. The molecule has 0 atom stereocenters. The van der Waals surface area contributed by atoms with Gasteiger partial charge in [0.2, 0.25) is 0 Å². The van der Waals surface area contributed by atoms with Gasteiger partial charge in [0.1, 0.15) is 0 Å². The minimum atomic E-state index is 1.30. The Kier molecular flexibility index (Phi) is 8.91. The zero-order chi connectivity index (χ0) is 19.8. The van der Waals surface area contributed by atoms with E-state index in [0.717, 1.165) is 0 Å². The van der Waals surface area contributed by atoms with Crippen LogP contribution in [0.1, 0.15) is 35.6 Å². The van der Waals surface area contributed by atoms with E-state index >= 15 is 0 Å². The fourth-order valence-electron chi connectivity index (χ4n) is 3.21. The van der Waals surface area contributed by atoms with Gasteiger partial charge >= 0.3 is 48.6 Å². The monoisotopic (exact) mass is 537 g/mol. The molecule has 0 aliphatic heterocycles. The molecule has 0 saturated heterocycles. The molecule has 0 aromatic heterocycles. The molecule has 27 heavy (non-hydrogen) atoms. The Morgan fingerprint density at radius 2 is 1.22 bits per heavy atom. The molecule has 0 unspecified atom stereocenters. The molecule has 0 spiro atoms. The average Bonchev–Trinajstić information content (AvgIpc) is 3.20. The van der Waals surface area contributed by atoms with Gasteiger partial charge in [-0.25, -0.2) is 0 Å². The van der Waals surface area contributed by atoms with E-state index in [1.807, 2.05) is 0 Å². The summed E-state index contributed by atoms with van der Waals surface area (Å²) in [6.45, 7) is 10.8. The van der Waals surface area contributed by atoms with E-state index in [9.17, 15) is 0 Å². The van der Waals surface area contributed by atoms with E-state index in [1.54, 1.807) is 0 Å². The zero-order valence-electron chi connectivity index (χ0n) is 17.2. The predicted octanol–water partition coefficient (Wildman–Crippen LogP) is 7.33. The standard InChI is InChI=1S/2C11H11.C3H7Si.Hf/c2*1-8-6-10-5-3-4-9(2)11(10)7-8;1-2-3-4;/h2*3-7H,1-2H3;2-3H2,1H3;/q2*-1;;+2. The van der Waals surface area contributed by atoms with E-state index < -0.39 is 0 Å². The molecule has 4 rings (SSSR count). The van der Waals surface area contributed by atoms with E-state index in [0.29, 0.717) is 0 Å². The number of hydrogen-bond acceptors (Lipinski definition) is 0. The van der Waals surface area contributed by atoms with Crippen LogP contribution < -0.4 is 0 Å². The van der Waals surface area contributed by atoms with Gasteiger partial charge in [-0.05, 0) is 13.8 Å². The Balaban J connectivity index is 0.000000157. The van der Waals surface area contributed by atoms with Crippen molar-refractivity contribution in [2.75, 3.05) is 0 Å².